The van der Waals surface area contributed by atoms with Crippen molar-refractivity contribution in [1.29, 1.82) is 0 Å². The predicted molar refractivity (Wildman–Crippen MR) is 120 cm³/mol. The minimum absolute atomic E-state index is 0.0708. The number of methoxy groups -OCH3 is 1. The molecule has 1 aliphatic rings. The van der Waals surface area contributed by atoms with E-state index in [9.17, 15) is 14.7 Å². The first-order chi connectivity index (χ1) is 14.5. The van der Waals surface area contributed by atoms with E-state index in [0.29, 0.717) is 12.8 Å². The van der Waals surface area contributed by atoms with Gasteiger partial charge in [-0.05, 0) is 56.6 Å². The van der Waals surface area contributed by atoms with Crippen molar-refractivity contribution in [3.63, 3.8) is 0 Å². The summed E-state index contributed by atoms with van der Waals surface area (Å²) in [7, 11) is 1.40. The van der Waals surface area contributed by atoms with E-state index < -0.39 is 6.10 Å². The summed E-state index contributed by atoms with van der Waals surface area (Å²) < 4.78 is 4.63. The molecule has 0 fully saturated rings. The second-order valence-corrected chi connectivity index (χ2v) is 8.63. The van der Waals surface area contributed by atoms with Crippen LogP contribution in [0.25, 0.3) is 0 Å². The monoisotopic (exact) mass is 414 g/mol. The SMILES string of the molecule is COC(=O)CCCCC[C@@H](O)C1C(=O)C=C[C@H]1CCCCCCc1ccc(C)cc1. The second-order valence-electron chi connectivity index (χ2n) is 8.63. The van der Waals surface area contributed by atoms with Gasteiger partial charge >= 0.3 is 5.97 Å². The molecule has 0 saturated carbocycles. The van der Waals surface area contributed by atoms with Crippen molar-refractivity contribution in [3.8, 4) is 0 Å². The Morgan fingerprint density at radius 3 is 2.47 bits per heavy atom. The highest BCUT2D eigenvalue weighted by Gasteiger charge is 2.35. The Balaban J connectivity index is 1.60. The van der Waals surface area contributed by atoms with Gasteiger partial charge in [-0.15, -0.1) is 0 Å². The second kappa shape index (κ2) is 13.4. The van der Waals surface area contributed by atoms with Gasteiger partial charge < -0.3 is 9.84 Å². The zero-order valence-corrected chi connectivity index (χ0v) is 18.6. The molecule has 0 radical (unpaired) electrons. The van der Waals surface area contributed by atoms with Gasteiger partial charge in [0.05, 0.1) is 19.1 Å². The van der Waals surface area contributed by atoms with Gasteiger partial charge in [0.15, 0.2) is 5.78 Å². The summed E-state index contributed by atoms with van der Waals surface area (Å²) in [6.45, 7) is 2.11. The number of carbonyl (C=O) groups is 2. The van der Waals surface area contributed by atoms with Crippen molar-refractivity contribution < 1.29 is 19.4 Å². The molecule has 0 aliphatic heterocycles. The molecule has 4 nitrogen and oxygen atoms in total. The Morgan fingerprint density at radius 1 is 1.03 bits per heavy atom. The molecule has 0 bridgehead atoms. The lowest BCUT2D eigenvalue weighted by molar-refractivity contribution is -0.140. The van der Waals surface area contributed by atoms with Crippen LogP contribution in [0.4, 0.5) is 0 Å². The van der Waals surface area contributed by atoms with Gasteiger partial charge in [0, 0.05) is 6.42 Å². The first-order valence-corrected chi connectivity index (χ1v) is 11.5. The highest BCUT2D eigenvalue weighted by molar-refractivity contribution is 5.95. The van der Waals surface area contributed by atoms with Gasteiger partial charge in [0.25, 0.3) is 0 Å². The van der Waals surface area contributed by atoms with E-state index in [2.05, 4.69) is 35.9 Å². The van der Waals surface area contributed by atoms with E-state index >= 15 is 0 Å². The molecule has 1 N–H and O–H groups in total. The van der Waals surface area contributed by atoms with Gasteiger partial charge in [-0.1, -0.05) is 68.0 Å². The molecule has 4 heteroatoms. The minimum atomic E-state index is -0.586. The van der Waals surface area contributed by atoms with Crippen molar-refractivity contribution in [2.24, 2.45) is 11.8 Å². The molecule has 1 unspecified atom stereocenters. The fourth-order valence-corrected chi connectivity index (χ4v) is 4.31. The van der Waals surface area contributed by atoms with Crippen molar-refractivity contribution in [2.75, 3.05) is 7.11 Å². The summed E-state index contributed by atoms with van der Waals surface area (Å²) in [5, 5.41) is 10.6. The number of aliphatic hydroxyl groups excluding tert-OH is 1. The summed E-state index contributed by atoms with van der Waals surface area (Å²) in [4.78, 5) is 23.4. The van der Waals surface area contributed by atoms with Gasteiger partial charge in [0.1, 0.15) is 0 Å². The largest absolute Gasteiger partial charge is 0.469 e. The molecule has 166 valence electrons. The molecule has 0 aromatic heterocycles. The zero-order chi connectivity index (χ0) is 21.8. The minimum Gasteiger partial charge on any atom is -0.469 e. The molecule has 0 saturated heterocycles. The highest BCUT2D eigenvalue weighted by Crippen LogP contribution is 2.32. The van der Waals surface area contributed by atoms with Crippen molar-refractivity contribution >= 4 is 11.8 Å². The Bertz CT molecular complexity index is 677. The van der Waals surface area contributed by atoms with Crippen LogP contribution in [-0.2, 0) is 20.7 Å². The Morgan fingerprint density at radius 2 is 1.73 bits per heavy atom. The van der Waals surface area contributed by atoms with Crippen LogP contribution in [0.1, 0.15) is 75.3 Å². The molecule has 1 aliphatic carbocycles. The van der Waals surface area contributed by atoms with Crippen molar-refractivity contribution in [2.45, 2.75) is 83.7 Å². The molecule has 2 rings (SSSR count). The number of aliphatic hydroxyl groups is 1. The number of esters is 1. The summed E-state index contributed by atoms with van der Waals surface area (Å²) in [5.41, 5.74) is 2.70. The quantitative estimate of drug-likeness (QED) is 0.329. The maximum absolute atomic E-state index is 12.3. The van der Waals surface area contributed by atoms with Gasteiger partial charge in [-0.2, -0.15) is 0 Å². The number of hydrogen-bond donors (Lipinski definition) is 1. The molecule has 30 heavy (non-hydrogen) atoms. The Labute approximate surface area is 181 Å². The van der Waals surface area contributed by atoms with Crippen molar-refractivity contribution in [3.05, 3.63) is 47.5 Å². The van der Waals surface area contributed by atoms with Gasteiger partial charge in [-0.3, -0.25) is 9.59 Å². The summed E-state index contributed by atoms with van der Waals surface area (Å²) >= 11 is 0. The van der Waals surface area contributed by atoms with E-state index in [1.807, 2.05) is 6.08 Å². The number of benzene rings is 1. The van der Waals surface area contributed by atoms with Gasteiger partial charge in [0.2, 0.25) is 0 Å². The maximum atomic E-state index is 12.3. The van der Waals surface area contributed by atoms with Crippen molar-refractivity contribution in [1.82, 2.24) is 0 Å². The maximum Gasteiger partial charge on any atom is 0.305 e. The van der Waals surface area contributed by atoms with E-state index in [1.165, 1.54) is 37.5 Å². The Kier molecular flexibility index (Phi) is 10.9. The third-order valence-electron chi connectivity index (χ3n) is 6.19. The number of carbonyl (C=O) groups excluding carboxylic acids is 2. The lowest BCUT2D eigenvalue weighted by atomic mass is 9.83. The molecule has 0 heterocycles. The highest BCUT2D eigenvalue weighted by atomic mass is 16.5. The molecule has 1 aromatic carbocycles. The van der Waals surface area contributed by atoms with E-state index in [-0.39, 0.29) is 23.6 Å². The summed E-state index contributed by atoms with van der Waals surface area (Å²) in [6.07, 6.45) is 13.3. The predicted octanol–water partition coefficient (Wildman–Crippen LogP) is 5.34. The van der Waals surface area contributed by atoms with Crippen LogP contribution in [0, 0.1) is 18.8 Å². The van der Waals surface area contributed by atoms with E-state index in [4.69, 9.17) is 0 Å². The number of allylic oxidation sites excluding steroid dienone is 2. The van der Waals surface area contributed by atoms with Crippen LogP contribution in [0.2, 0.25) is 0 Å². The lowest BCUT2D eigenvalue weighted by Gasteiger charge is -2.23. The third kappa shape index (κ3) is 8.43. The van der Waals surface area contributed by atoms with E-state index in [1.54, 1.807) is 6.08 Å². The summed E-state index contributed by atoms with van der Waals surface area (Å²) in [5.74, 6) is -0.232. The van der Waals surface area contributed by atoms with Crippen LogP contribution < -0.4 is 0 Å². The lowest BCUT2D eigenvalue weighted by Crippen LogP contribution is -2.30. The fraction of sp³-hybridized carbons (Fsp3) is 0.615. The number of ether oxygens (including phenoxy) is 1. The number of ketones is 1. The molecular formula is C26H38O4. The van der Waals surface area contributed by atoms with Crippen LogP contribution in [0.15, 0.2) is 36.4 Å². The standard InChI is InChI=1S/C26H38O4/c1-20-14-16-21(17-15-20)10-6-3-4-7-11-22-18-19-24(28)26(22)23(27)12-8-5-9-13-25(29)30-2/h14-19,22-23,26-27H,3-13H2,1-2H3/t22-,23-,26?/m1/s1. The molecule has 3 atom stereocenters. The zero-order valence-electron chi connectivity index (χ0n) is 18.6. The summed E-state index contributed by atoms with van der Waals surface area (Å²) in [6, 6.07) is 8.77. The average Bonchev–Trinajstić information content (AvgIpc) is 3.11. The van der Waals surface area contributed by atoms with Gasteiger partial charge in [-0.25, -0.2) is 0 Å². The number of hydrogen-bond acceptors (Lipinski definition) is 4. The number of aryl methyl sites for hydroxylation is 2. The third-order valence-corrected chi connectivity index (χ3v) is 6.19. The average molecular weight is 415 g/mol. The first-order valence-electron chi connectivity index (χ1n) is 11.5. The molecule has 0 amide bonds. The Hall–Kier alpha value is -1.94. The van der Waals surface area contributed by atoms with Crippen LogP contribution in [0.3, 0.4) is 0 Å². The molecule has 0 spiro atoms. The first kappa shape index (κ1) is 24.3. The smallest absolute Gasteiger partial charge is 0.305 e. The van der Waals surface area contributed by atoms with E-state index in [0.717, 1.165) is 38.5 Å². The normalized spacial score (nSPS) is 19.2. The number of unbranched alkanes of at least 4 members (excludes halogenated alkanes) is 5. The van der Waals surface area contributed by atoms with Crippen LogP contribution >= 0.6 is 0 Å². The molecular weight excluding hydrogens is 376 g/mol. The fourth-order valence-electron chi connectivity index (χ4n) is 4.31. The number of rotatable bonds is 14. The topological polar surface area (TPSA) is 63.6 Å². The van der Waals surface area contributed by atoms with Crippen LogP contribution in [-0.4, -0.2) is 30.1 Å². The molecule has 1 aromatic rings. The van der Waals surface area contributed by atoms with Crippen LogP contribution in [0.5, 0.6) is 0 Å².